The lowest BCUT2D eigenvalue weighted by Gasteiger charge is -2.64. The molecule has 1 spiro atoms. The summed E-state index contributed by atoms with van der Waals surface area (Å²) in [6.07, 6.45) is 4.07. The maximum absolute atomic E-state index is 13.4. The van der Waals surface area contributed by atoms with E-state index in [1.165, 1.54) is 17.8 Å². The van der Waals surface area contributed by atoms with Gasteiger partial charge in [0.05, 0.1) is 29.8 Å². The van der Waals surface area contributed by atoms with E-state index in [1.54, 1.807) is 6.07 Å². The van der Waals surface area contributed by atoms with E-state index in [9.17, 15) is 18.0 Å². The normalized spacial score (nSPS) is 42.5. The SMILES string of the molecule is CCOC(=O)[C@]1(C)CCC[C@@]2(C)[C@@H]3CC[C@@]4(C)C[C@]3(CC[C@@H]21)[C@@H]1CN(c2cccc(C(F)(F)F)c2)N=C14. The van der Waals surface area contributed by atoms with Crippen molar-refractivity contribution in [2.45, 2.75) is 85.2 Å². The zero-order chi connectivity index (χ0) is 26.4. The van der Waals surface area contributed by atoms with Gasteiger partial charge in [-0.05, 0) is 99.7 Å². The van der Waals surface area contributed by atoms with Gasteiger partial charge in [-0.15, -0.1) is 0 Å². The van der Waals surface area contributed by atoms with Crippen LogP contribution in [0.4, 0.5) is 18.9 Å². The molecule has 1 aliphatic heterocycles. The Balaban J connectivity index is 1.35. The predicted molar refractivity (Wildman–Crippen MR) is 137 cm³/mol. The fraction of sp³-hybridized carbons (Fsp3) is 0.733. The number of fused-ring (bicyclic) bond motifs is 5. The lowest BCUT2D eigenvalue weighted by Crippen LogP contribution is -2.60. The molecule has 4 nitrogen and oxygen atoms in total. The maximum Gasteiger partial charge on any atom is 0.416 e. The van der Waals surface area contributed by atoms with Crippen molar-refractivity contribution in [1.82, 2.24) is 0 Å². The summed E-state index contributed by atoms with van der Waals surface area (Å²) in [5.74, 6) is 1.01. The summed E-state index contributed by atoms with van der Waals surface area (Å²) < 4.78 is 45.9. The van der Waals surface area contributed by atoms with Gasteiger partial charge >= 0.3 is 12.1 Å². The Morgan fingerprint density at radius 1 is 1.11 bits per heavy atom. The third kappa shape index (κ3) is 3.40. The Hall–Kier alpha value is -2.05. The lowest BCUT2D eigenvalue weighted by atomic mass is 9.39. The fourth-order valence-electron chi connectivity index (χ4n) is 10.1. The Morgan fingerprint density at radius 2 is 1.86 bits per heavy atom. The third-order valence-corrected chi connectivity index (χ3v) is 11.5. The number of hydrogen-bond acceptors (Lipinski definition) is 4. The number of hydrazone groups is 1. The molecule has 0 radical (unpaired) electrons. The number of halogens is 3. The Labute approximate surface area is 218 Å². The zero-order valence-corrected chi connectivity index (χ0v) is 22.5. The van der Waals surface area contributed by atoms with E-state index < -0.39 is 17.2 Å². The van der Waals surface area contributed by atoms with Crippen LogP contribution in [-0.4, -0.2) is 24.8 Å². The first-order chi connectivity index (χ1) is 17.4. The molecule has 0 aromatic heterocycles. The molecule has 0 amide bonds. The van der Waals surface area contributed by atoms with Crippen LogP contribution in [0.3, 0.4) is 0 Å². The second-order valence-corrected chi connectivity index (χ2v) is 13.3. The van der Waals surface area contributed by atoms with Crippen molar-refractivity contribution in [2.75, 3.05) is 18.2 Å². The van der Waals surface area contributed by atoms with Crippen molar-refractivity contribution in [3.8, 4) is 0 Å². The Morgan fingerprint density at radius 3 is 2.59 bits per heavy atom. The molecule has 6 rings (SSSR count). The van der Waals surface area contributed by atoms with E-state index in [1.807, 2.05) is 11.9 Å². The fourth-order valence-corrected chi connectivity index (χ4v) is 10.1. The molecule has 2 bridgehead atoms. The molecule has 0 unspecified atom stereocenters. The number of carbonyl (C=O) groups is 1. The van der Waals surface area contributed by atoms with Crippen molar-refractivity contribution in [3.05, 3.63) is 29.8 Å². The van der Waals surface area contributed by atoms with Crippen LogP contribution in [-0.2, 0) is 15.7 Å². The molecule has 1 aromatic carbocycles. The number of anilines is 1. The predicted octanol–water partition coefficient (Wildman–Crippen LogP) is 7.47. The van der Waals surface area contributed by atoms with Crippen molar-refractivity contribution >= 4 is 17.4 Å². The first-order valence-corrected chi connectivity index (χ1v) is 14.1. The summed E-state index contributed by atoms with van der Waals surface area (Å²) in [5, 5.41) is 6.90. The molecule has 37 heavy (non-hydrogen) atoms. The van der Waals surface area contributed by atoms with E-state index in [0.29, 0.717) is 30.7 Å². The van der Waals surface area contributed by atoms with Crippen LogP contribution in [0.2, 0.25) is 0 Å². The van der Waals surface area contributed by atoms with E-state index in [4.69, 9.17) is 9.84 Å². The minimum absolute atomic E-state index is 0.000137. The average molecular weight is 517 g/mol. The van der Waals surface area contributed by atoms with Crippen molar-refractivity contribution < 1.29 is 22.7 Å². The van der Waals surface area contributed by atoms with Crippen LogP contribution < -0.4 is 5.01 Å². The highest BCUT2D eigenvalue weighted by Crippen LogP contribution is 2.75. The monoisotopic (exact) mass is 516 g/mol. The summed E-state index contributed by atoms with van der Waals surface area (Å²) in [5.41, 5.74) is 0.814. The molecule has 202 valence electrons. The van der Waals surface area contributed by atoms with Gasteiger partial charge in [0.1, 0.15) is 0 Å². The Bertz CT molecular complexity index is 1150. The van der Waals surface area contributed by atoms with Crippen LogP contribution in [0.15, 0.2) is 29.4 Å². The molecular weight excluding hydrogens is 477 g/mol. The van der Waals surface area contributed by atoms with Crippen LogP contribution >= 0.6 is 0 Å². The van der Waals surface area contributed by atoms with Crippen LogP contribution in [0.25, 0.3) is 0 Å². The third-order valence-electron chi connectivity index (χ3n) is 11.5. The van der Waals surface area contributed by atoms with E-state index >= 15 is 0 Å². The standard InChI is InChI=1S/C30H39F3N2O2/c1-5-37-25(36)28(4)13-7-12-27(3)22(28)11-15-29-18-26(2,14-10-23(27)29)24-21(29)17-35(34-24)20-9-6-8-19(16-20)30(31,32)33/h6,8-9,16,21-23H,5,7,10-15,17-18H2,1-4H3/t21-,22+,23+,26+,27-,28-,29-/m1/s1. The minimum atomic E-state index is -4.37. The molecule has 7 heteroatoms. The van der Waals surface area contributed by atoms with Gasteiger partial charge in [0.15, 0.2) is 0 Å². The number of rotatable bonds is 3. The van der Waals surface area contributed by atoms with Gasteiger partial charge in [0, 0.05) is 17.0 Å². The van der Waals surface area contributed by atoms with Gasteiger partial charge in [-0.2, -0.15) is 18.3 Å². The molecule has 4 fully saturated rings. The number of benzene rings is 1. The Kier molecular flexibility index (Phi) is 5.45. The van der Waals surface area contributed by atoms with Gasteiger partial charge in [-0.25, -0.2) is 0 Å². The molecular formula is C30H39F3N2O2. The van der Waals surface area contributed by atoms with Crippen LogP contribution in [0.5, 0.6) is 0 Å². The zero-order valence-electron chi connectivity index (χ0n) is 22.5. The number of ether oxygens (including phenoxy) is 1. The first kappa shape index (κ1) is 25.2. The van der Waals surface area contributed by atoms with Gasteiger partial charge in [-0.3, -0.25) is 9.80 Å². The number of alkyl halides is 3. The summed E-state index contributed by atoms with van der Waals surface area (Å²) in [6, 6.07) is 5.60. The van der Waals surface area contributed by atoms with Crippen molar-refractivity contribution in [2.24, 2.45) is 44.5 Å². The lowest BCUT2D eigenvalue weighted by molar-refractivity contribution is -0.191. The van der Waals surface area contributed by atoms with Gasteiger partial charge in [0.25, 0.3) is 0 Å². The second kappa shape index (κ2) is 7.98. The molecule has 7 atom stereocenters. The molecule has 1 aromatic rings. The molecule has 4 saturated carbocycles. The minimum Gasteiger partial charge on any atom is -0.466 e. The quantitative estimate of drug-likeness (QED) is 0.391. The molecule has 5 aliphatic rings. The number of esters is 1. The largest absolute Gasteiger partial charge is 0.466 e. The van der Waals surface area contributed by atoms with E-state index in [-0.39, 0.29) is 28.1 Å². The molecule has 1 heterocycles. The highest BCUT2D eigenvalue weighted by atomic mass is 19.4. The summed E-state index contributed by atoms with van der Waals surface area (Å²) in [7, 11) is 0. The topological polar surface area (TPSA) is 41.9 Å². The van der Waals surface area contributed by atoms with Gasteiger partial charge < -0.3 is 4.74 Å². The first-order valence-electron chi connectivity index (χ1n) is 14.1. The van der Waals surface area contributed by atoms with Crippen molar-refractivity contribution in [1.29, 1.82) is 0 Å². The van der Waals surface area contributed by atoms with Gasteiger partial charge in [0.2, 0.25) is 0 Å². The number of nitrogens with zero attached hydrogens (tertiary/aromatic N) is 2. The van der Waals surface area contributed by atoms with Crippen LogP contribution in [0.1, 0.15) is 84.6 Å². The van der Waals surface area contributed by atoms with Gasteiger partial charge in [-0.1, -0.05) is 26.3 Å². The van der Waals surface area contributed by atoms with E-state index in [2.05, 4.69) is 20.8 Å². The van der Waals surface area contributed by atoms with Crippen molar-refractivity contribution in [3.63, 3.8) is 0 Å². The maximum atomic E-state index is 13.4. The molecule has 4 aliphatic carbocycles. The average Bonchev–Trinajstić information content (AvgIpc) is 3.36. The number of hydrogen-bond donors (Lipinski definition) is 0. The molecule has 0 saturated heterocycles. The summed E-state index contributed by atoms with van der Waals surface area (Å²) in [6.45, 7) is 9.87. The smallest absolute Gasteiger partial charge is 0.416 e. The molecule has 0 N–H and O–H groups in total. The van der Waals surface area contributed by atoms with Crippen LogP contribution in [0, 0.1) is 39.4 Å². The second-order valence-electron chi connectivity index (χ2n) is 13.3. The summed E-state index contributed by atoms with van der Waals surface area (Å²) >= 11 is 0. The van der Waals surface area contributed by atoms with E-state index in [0.717, 1.165) is 57.4 Å². The number of carbonyl (C=O) groups excluding carboxylic acids is 1. The summed E-state index contributed by atoms with van der Waals surface area (Å²) in [4.78, 5) is 13.2. The highest BCUT2D eigenvalue weighted by Gasteiger charge is 2.71. The highest BCUT2D eigenvalue weighted by molar-refractivity contribution is 5.98.